The second kappa shape index (κ2) is 11.8. The zero-order valence-electron chi connectivity index (χ0n) is 16.6. The lowest BCUT2D eigenvalue weighted by Crippen LogP contribution is -2.38. The molecule has 0 atom stereocenters. The van der Waals surface area contributed by atoms with Crippen LogP contribution in [0.4, 0.5) is 0 Å². The van der Waals surface area contributed by atoms with Crippen LogP contribution in [0.1, 0.15) is 45.7 Å². The van der Waals surface area contributed by atoms with Gasteiger partial charge in [0.1, 0.15) is 0 Å². The first-order valence-corrected chi connectivity index (χ1v) is 10.8. The van der Waals surface area contributed by atoms with Gasteiger partial charge in [0.15, 0.2) is 15.8 Å². The summed E-state index contributed by atoms with van der Waals surface area (Å²) in [6.45, 7) is 12.1. The summed E-state index contributed by atoms with van der Waals surface area (Å²) in [6.07, 6.45) is 0.891. The van der Waals surface area contributed by atoms with Crippen molar-refractivity contribution in [3.8, 4) is 0 Å². The third kappa shape index (κ3) is 9.75. The first-order chi connectivity index (χ1) is 11.7. The van der Waals surface area contributed by atoms with Crippen molar-refractivity contribution in [2.45, 2.75) is 46.5 Å². The van der Waals surface area contributed by atoms with E-state index < -0.39 is 9.84 Å². The van der Waals surface area contributed by atoms with Crippen molar-refractivity contribution in [3.05, 3.63) is 35.4 Å². The van der Waals surface area contributed by atoms with Gasteiger partial charge in [-0.15, -0.1) is 24.0 Å². The SMILES string of the molecule is CCNC(=NCCS(=O)(=O)CC)NCCc1ccc(C(C)(C)C)cc1.I. The minimum Gasteiger partial charge on any atom is -0.357 e. The molecular formula is C19H34IN3O2S. The first-order valence-electron chi connectivity index (χ1n) is 9.00. The predicted molar refractivity (Wildman–Crippen MR) is 123 cm³/mol. The zero-order chi connectivity index (χ0) is 18.9. The largest absolute Gasteiger partial charge is 0.357 e. The summed E-state index contributed by atoms with van der Waals surface area (Å²) in [5.74, 6) is 0.922. The maximum absolute atomic E-state index is 11.5. The Morgan fingerprint density at radius 1 is 1.08 bits per heavy atom. The number of guanidine groups is 1. The van der Waals surface area contributed by atoms with Crippen LogP contribution in [0.3, 0.4) is 0 Å². The van der Waals surface area contributed by atoms with Crippen molar-refractivity contribution in [2.75, 3.05) is 31.1 Å². The van der Waals surface area contributed by atoms with E-state index in [2.05, 4.69) is 60.7 Å². The summed E-state index contributed by atoms with van der Waals surface area (Å²) < 4.78 is 23.1. The Bertz CT molecular complexity index is 650. The van der Waals surface area contributed by atoms with E-state index in [1.165, 1.54) is 11.1 Å². The van der Waals surface area contributed by atoms with Crippen molar-refractivity contribution in [1.29, 1.82) is 0 Å². The molecule has 0 aliphatic rings. The molecule has 0 saturated carbocycles. The van der Waals surface area contributed by atoms with E-state index in [9.17, 15) is 8.42 Å². The molecule has 0 aliphatic carbocycles. The van der Waals surface area contributed by atoms with Gasteiger partial charge >= 0.3 is 0 Å². The van der Waals surface area contributed by atoms with Crippen molar-refractivity contribution >= 4 is 39.8 Å². The summed E-state index contributed by atoms with van der Waals surface area (Å²) in [7, 11) is -2.97. The van der Waals surface area contributed by atoms with Gasteiger partial charge in [0.05, 0.1) is 12.3 Å². The predicted octanol–water partition coefficient (Wildman–Crippen LogP) is 3.13. The van der Waals surface area contributed by atoms with E-state index in [4.69, 9.17) is 0 Å². The van der Waals surface area contributed by atoms with Crippen LogP contribution in [-0.4, -0.2) is 45.5 Å². The summed E-state index contributed by atoms with van der Waals surface area (Å²) in [5, 5.41) is 6.41. The Hall–Kier alpha value is -0.830. The van der Waals surface area contributed by atoms with Crippen LogP contribution < -0.4 is 10.6 Å². The molecular weight excluding hydrogens is 461 g/mol. The molecule has 1 rings (SSSR count). The summed E-state index contributed by atoms with van der Waals surface area (Å²) in [6, 6.07) is 8.70. The van der Waals surface area contributed by atoms with E-state index in [1.807, 2.05) is 6.92 Å². The molecule has 0 saturated heterocycles. The highest BCUT2D eigenvalue weighted by molar-refractivity contribution is 14.0. The van der Waals surface area contributed by atoms with E-state index in [0.717, 1.165) is 19.5 Å². The molecule has 1 aromatic carbocycles. The zero-order valence-corrected chi connectivity index (χ0v) is 19.8. The molecule has 0 spiro atoms. The van der Waals surface area contributed by atoms with Gasteiger partial charge in [-0.3, -0.25) is 4.99 Å². The van der Waals surface area contributed by atoms with Crippen molar-refractivity contribution in [1.82, 2.24) is 10.6 Å². The van der Waals surface area contributed by atoms with Gasteiger partial charge in [-0.25, -0.2) is 8.42 Å². The second-order valence-electron chi connectivity index (χ2n) is 7.12. The molecule has 0 radical (unpaired) electrons. The number of aliphatic imine (C=N–C) groups is 1. The van der Waals surface area contributed by atoms with E-state index in [1.54, 1.807) is 6.92 Å². The van der Waals surface area contributed by atoms with Gasteiger partial charge in [-0.2, -0.15) is 0 Å². The molecule has 26 heavy (non-hydrogen) atoms. The molecule has 0 amide bonds. The van der Waals surface area contributed by atoms with E-state index >= 15 is 0 Å². The van der Waals surface area contributed by atoms with Crippen LogP contribution in [0.25, 0.3) is 0 Å². The van der Waals surface area contributed by atoms with Crippen LogP contribution in [0.2, 0.25) is 0 Å². The Labute approximate surface area is 176 Å². The van der Waals surface area contributed by atoms with Crippen LogP contribution in [0.15, 0.2) is 29.3 Å². The molecule has 0 aliphatic heterocycles. The van der Waals surface area contributed by atoms with Gasteiger partial charge < -0.3 is 10.6 Å². The quantitative estimate of drug-likeness (QED) is 0.330. The monoisotopic (exact) mass is 495 g/mol. The highest BCUT2D eigenvalue weighted by atomic mass is 127. The number of sulfone groups is 1. The smallest absolute Gasteiger partial charge is 0.191 e. The van der Waals surface area contributed by atoms with E-state index in [-0.39, 0.29) is 47.4 Å². The van der Waals surface area contributed by atoms with Crippen LogP contribution in [0.5, 0.6) is 0 Å². The second-order valence-corrected chi connectivity index (χ2v) is 9.59. The molecule has 2 N–H and O–H groups in total. The number of benzene rings is 1. The Kier molecular flexibility index (Phi) is 11.4. The third-order valence-corrected chi connectivity index (χ3v) is 5.67. The fourth-order valence-electron chi connectivity index (χ4n) is 2.28. The molecule has 7 heteroatoms. The first kappa shape index (κ1) is 25.2. The lowest BCUT2D eigenvalue weighted by molar-refractivity contribution is 0.590. The number of rotatable bonds is 8. The minimum atomic E-state index is -2.97. The Morgan fingerprint density at radius 3 is 2.19 bits per heavy atom. The number of hydrogen-bond donors (Lipinski definition) is 2. The Morgan fingerprint density at radius 2 is 1.69 bits per heavy atom. The summed E-state index contributed by atoms with van der Waals surface area (Å²) in [4.78, 5) is 4.34. The van der Waals surface area contributed by atoms with Crippen molar-refractivity contribution < 1.29 is 8.42 Å². The number of nitrogens with zero attached hydrogens (tertiary/aromatic N) is 1. The lowest BCUT2D eigenvalue weighted by Gasteiger charge is -2.19. The fourth-order valence-corrected chi connectivity index (χ4v) is 2.94. The van der Waals surface area contributed by atoms with Gasteiger partial charge in [-0.1, -0.05) is 52.0 Å². The molecule has 0 heterocycles. The molecule has 150 valence electrons. The molecule has 0 unspecified atom stereocenters. The third-order valence-electron chi connectivity index (χ3n) is 3.98. The van der Waals surface area contributed by atoms with Crippen LogP contribution in [0, 0.1) is 0 Å². The maximum atomic E-state index is 11.5. The topological polar surface area (TPSA) is 70.6 Å². The minimum absolute atomic E-state index is 0. The van der Waals surface area contributed by atoms with Crippen molar-refractivity contribution in [3.63, 3.8) is 0 Å². The molecule has 1 aromatic rings. The highest BCUT2D eigenvalue weighted by Gasteiger charge is 2.12. The molecule has 0 fully saturated rings. The summed E-state index contributed by atoms with van der Waals surface area (Å²) >= 11 is 0. The highest BCUT2D eigenvalue weighted by Crippen LogP contribution is 2.22. The van der Waals surface area contributed by atoms with Gasteiger partial charge in [-0.05, 0) is 29.9 Å². The lowest BCUT2D eigenvalue weighted by atomic mass is 9.86. The number of hydrogen-bond acceptors (Lipinski definition) is 3. The average Bonchev–Trinajstić information content (AvgIpc) is 2.54. The van der Waals surface area contributed by atoms with Crippen molar-refractivity contribution in [2.24, 2.45) is 4.99 Å². The molecule has 0 bridgehead atoms. The molecule has 5 nitrogen and oxygen atoms in total. The normalized spacial score (nSPS) is 12.4. The van der Waals surface area contributed by atoms with Gasteiger partial charge in [0.2, 0.25) is 0 Å². The van der Waals surface area contributed by atoms with Crippen LogP contribution in [-0.2, 0) is 21.7 Å². The number of nitrogens with one attached hydrogen (secondary N) is 2. The number of halogens is 1. The summed E-state index contributed by atoms with van der Waals surface area (Å²) in [5.41, 5.74) is 2.77. The standard InChI is InChI=1S/C19H33N3O2S.HI/c1-6-20-18(22-14-15-25(23,24)7-2)21-13-12-16-8-10-17(11-9-16)19(3,4)5;/h8-11H,6-7,12-15H2,1-5H3,(H2,20,21,22);1H. The van der Waals surface area contributed by atoms with Gasteiger partial charge in [0.25, 0.3) is 0 Å². The van der Waals surface area contributed by atoms with E-state index in [0.29, 0.717) is 5.96 Å². The maximum Gasteiger partial charge on any atom is 0.191 e. The van der Waals surface area contributed by atoms with Crippen LogP contribution >= 0.6 is 24.0 Å². The average molecular weight is 495 g/mol. The van der Waals surface area contributed by atoms with Gasteiger partial charge in [0, 0.05) is 18.8 Å². The molecule has 0 aromatic heterocycles. The Balaban J connectivity index is 0.00000625. The fraction of sp³-hybridized carbons (Fsp3) is 0.632.